The second-order valence-electron chi connectivity index (χ2n) is 6.51. The molecule has 3 aromatic carbocycles. The zero-order chi connectivity index (χ0) is 21.7. The summed E-state index contributed by atoms with van der Waals surface area (Å²) in [5, 5.41) is 5.95. The van der Waals surface area contributed by atoms with E-state index in [9.17, 15) is 9.59 Å². The lowest BCUT2D eigenvalue weighted by Gasteiger charge is -2.15. The van der Waals surface area contributed by atoms with E-state index in [1.807, 2.05) is 19.1 Å². The Kier molecular flexibility index (Phi) is 6.59. The van der Waals surface area contributed by atoms with Crippen molar-refractivity contribution in [1.29, 1.82) is 0 Å². The van der Waals surface area contributed by atoms with E-state index in [0.717, 1.165) is 5.56 Å². The number of hydrogen-bond acceptors (Lipinski definition) is 4. The van der Waals surface area contributed by atoms with Gasteiger partial charge in [-0.05, 0) is 31.2 Å². The molecule has 3 aromatic rings. The van der Waals surface area contributed by atoms with E-state index < -0.39 is 5.91 Å². The predicted molar refractivity (Wildman–Crippen MR) is 118 cm³/mol. The summed E-state index contributed by atoms with van der Waals surface area (Å²) in [6.45, 7) is 1.91. The van der Waals surface area contributed by atoms with Gasteiger partial charge in [0.25, 0.3) is 11.8 Å². The molecule has 0 aliphatic heterocycles. The van der Waals surface area contributed by atoms with Crippen molar-refractivity contribution < 1.29 is 19.1 Å². The molecule has 154 valence electrons. The molecule has 30 heavy (non-hydrogen) atoms. The zero-order valence-electron chi connectivity index (χ0n) is 16.8. The molecule has 0 heterocycles. The number of nitrogens with one attached hydrogen (secondary N) is 2. The maximum absolute atomic E-state index is 13.0. The van der Waals surface area contributed by atoms with Crippen LogP contribution in [0.3, 0.4) is 0 Å². The molecule has 0 spiro atoms. The third-order valence-corrected chi connectivity index (χ3v) is 4.72. The Labute approximate surface area is 179 Å². The van der Waals surface area contributed by atoms with E-state index in [1.54, 1.807) is 48.5 Å². The van der Waals surface area contributed by atoms with E-state index in [-0.39, 0.29) is 5.91 Å². The SMILES string of the molecule is COc1cc(NC(=O)c2ccccc2NC(=O)c2cccc(C)c2)c(OC)cc1Cl. The van der Waals surface area contributed by atoms with Gasteiger partial charge in [0.15, 0.2) is 0 Å². The van der Waals surface area contributed by atoms with E-state index in [0.29, 0.717) is 39.0 Å². The highest BCUT2D eigenvalue weighted by Gasteiger charge is 2.17. The summed E-state index contributed by atoms with van der Waals surface area (Å²) >= 11 is 6.12. The van der Waals surface area contributed by atoms with Gasteiger partial charge in [0, 0.05) is 17.7 Å². The van der Waals surface area contributed by atoms with Crippen LogP contribution in [0.4, 0.5) is 11.4 Å². The third kappa shape index (κ3) is 4.72. The number of aryl methyl sites for hydroxylation is 1. The van der Waals surface area contributed by atoms with Crippen LogP contribution < -0.4 is 20.1 Å². The maximum atomic E-state index is 13.0. The molecule has 0 radical (unpaired) electrons. The van der Waals surface area contributed by atoms with Crippen LogP contribution >= 0.6 is 11.6 Å². The van der Waals surface area contributed by atoms with Crippen LogP contribution in [0.25, 0.3) is 0 Å². The molecule has 2 N–H and O–H groups in total. The molecule has 0 aliphatic carbocycles. The van der Waals surface area contributed by atoms with E-state index in [1.165, 1.54) is 14.2 Å². The number of carbonyl (C=O) groups excluding carboxylic acids is 2. The van der Waals surface area contributed by atoms with Gasteiger partial charge in [-0.1, -0.05) is 41.4 Å². The topological polar surface area (TPSA) is 76.7 Å². The van der Waals surface area contributed by atoms with Crippen LogP contribution in [-0.4, -0.2) is 26.0 Å². The number of methoxy groups -OCH3 is 2. The van der Waals surface area contributed by atoms with Gasteiger partial charge in [-0.25, -0.2) is 0 Å². The Hall–Kier alpha value is -3.51. The number of hydrogen-bond donors (Lipinski definition) is 2. The summed E-state index contributed by atoms with van der Waals surface area (Å²) in [6, 6.07) is 17.1. The number of rotatable bonds is 6. The normalized spacial score (nSPS) is 10.3. The van der Waals surface area contributed by atoms with Gasteiger partial charge in [-0.3, -0.25) is 9.59 Å². The fourth-order valence-electron chi connectivity index (χ4n) is 2.92. The number of para-hydroxylation sites is 1. The third-order valence-electron chi connectivity index (χ3n) is 4.42. The summed E-state index contributed by atoms with van der Waals surface area (Å²) < 4.78 is 10.5. The summed E-state index contributed by atoms with van der Waals surface area (Å²) in [4.78, 5) is 25.6. The highest BCUT2D eigenvalue weighted by molar-refractivity contribution is 6.32. The van der Waals surface area contributed by atoms with Crippen LogP contribution in [0.2, 0.25) is 5.02 Å². The lowest BCUT2D eigenvalue weighted by atomic mass is 10.1. The Morgan fingerprint density at radius 3 is 2.20 bits per heavy atom. The minimum atomic E-state index is -0.419. The lowest BCUT2D eigenvalue weighted by Crippen LogP contribution is -2.18. The fourth-order valence-corrected chi connectivity index (χ4v) is 3.15. The average Bonchev–Trinajstić information content (AvgIpc) is 2.74. The van der Waals surface area contributed by atoms with Gasteiger partial charge < -0.3 is 20.1 Å². The zero-order valence-corrected chi connectivity index (χ0v) is 17.5. The first-order chi connectivity index (χ1) is 14.4. The second-order valence-corrected chi connectivity index (χ2v) is 6.92. The molecule has 0 bridgehead atoms. The molecular weight excluding hydrogens is 404 g/mol. The minimum Gasteiger partial charge on any atom is -0.495 e. The lowest BCUT2D eigenvalue weighted by molar-refractivity contribution is 0.102. The predicted octanol–water partition coefficient (Wildman–Crippen LogP) is 5.17. The summed E-state index contributed by atoms with van der Waals surface area (Å²) in [5.41, 5.74) is 2.56. The van der Waals surface area contributed by atoms with Crippen LogP contribution in [0, 0.1) is 6.92 Å². The largest absolute Gasteiger partial charge is 0.495 e. The average molecular weight is 425 g/mol. The van der Waals surface area contributed by atoms with Crippen molar-refractivity contribution in [2.24, 2.45) is 0 Å². The first-order valence-corrected chi connectivity index (χ1v) is 9.50. The van der Waals surface area contributed by atoms with Crippen LogP contribution in [-0.2, 0) is 0 Å². The van der Waals surface area contributed by atoms with Crippen molar-refractivity contribution in [2.75, 3.05) is 24.9 Å². The van der Waals surface area contributed by atoms with Gasteiger partial charge in [0.2, 0.25) is 0 Å². The number of halogens is 1. The number of benzene rings is 3. The van der Waals surface area contributed by atoms with Gasteiger partial charge in [-0.2, -0.15) is 0 Å². The van der Waals surface area contributed by atoms with Crippen molar-refractivity contribution in [2.45, 2.75) is 6.92 Å². The molecule has 0 atom stereocenters. The number of carbonyl (C=O) groups is 2. The molecule has 0 saturated heterocycles. The van der Waals surface area contributed by atoms with Crippen LogP contribution in [0.1, 0.15) is 26.3 Å². The molecule has 0 aliphatic rings. The van der Waals surface area contributed by atoms with Crippen molar-refractivity contribution in [3.63, 3.8) is 0 Å². The monoisotopic (exact) mass is 424 g/mol. The van der Waals surface area contributed by atoms with Gasteiger partial charge >= 0.3 is 0 Å². The molecular formula is C23H21ClN2O4. The Bertz CT molecular complexity index is 1100. The van der Waals surface area contributed by atoms with Gasteiger partial charge in [0.05, 0.1) is 36.2 Å². The Morgan fingerprint density at radius 1 is 0.800 bits per heavy atom. The molecule has 3 rings (SSSR count). The molecule has 0 fully saturated rings. The molecule has 0 aromatic heterocycles. The standard InChI is InChI=1S/C23H21ClN2O4/c1-14-7-6-8-15(11-14)22(27)25-18-10-5-4-9-16(18)23(28)26-19-13-20(29-2)17(24)12-21(19)30-3/h4-13H,1-3H3,(H,25,27)(H,26,28). The van der Waals surface area contributed by atoms with Crippen molar-refractivity contribution in [3.05, 3.63) is 82.4 Å². The molecule has 2 amide bonds. The summed E-state index contributed by atoms with van der Waals surface area (Å²) in [5.74, 6) is 0.0618. The van der Waals surface area contributed by atoms with E-state index in [4.69, 9.17) is 21.1 Å². The van der Waals surface area contributed by atoms with E-state index in [2.05, 4.69) is 10.6 Å². The first-order valence-electron chi connectivity index (χ1n) is 9.13. The van der Waals surface area contributed by atoms with Crippen LogP contribution in [0.15, 0.2) is 60.7 Å². The van der Waals surface area contributed by atoms with E-state index >= 15 is 0 Å². The minimum absolute atomic E-state index is 0.300. The quantitative estimate of drug-likeness (QED) is 0.572. The number of anilines is 2. The fraction of sp³-hybridized carbons (Fsp3) is 0.130. The molecule has 6 nitrogen and oxygen atoms in total. The molecule has 0 saturated carbocycles. The Morgan fingerprint density at radius 2 is 1.50 bits per heavy atom. The van der Waals surface area contributed by atoms with Crippen molar-refractivity contribution in [1.82, 2.24) is 0 Å². The smallest absolute Gasteiger partial charge is 0.257 e. The first kappa shape index (κ1) is 21.2. The number of amides is 2. The van der Waals surface area contributed by atoms with Gasteiger partial charge in [0.1, 0.15) is 11.5 Å². The molecule has 0 unspecified atom stereocenters. The summed E-state index contributed by atoms with van der Waals surface area (Å²) in [6.07, 6.45) is 0. The number of ether oxygens (including phenoxy) is 2. The maximum Gasteiger partial charge on any atom is 0.257 e. The highest BCUT2D eigenvalue weighted by atomic mass is 35.5. The second kappa shape index (κ2) is 9.33. The van der Waals surface area contributed by atoms with Crippen LogP contribution in [0.5, 0.6) is 11.5 Å². The summed E-state index contributed by atoms with van der Waals surface area (Å²) in [7, 11) is 2.96. The Balaban J connectivity index is 1.87. The van der Waals surface area contributed by atoms with Crippen molar-refractivity contribution in [3.8, 4) is 11.5 Å². The molecule has 7 heteroatoms. The highest BCUT2D eigenvalue weighted by Crippen LogP contribution is 2.36. The van der Waals surface area contributed by atoms with Gasteiger partial charge in [-0.15, -0.1) is 0 Å². The van der Waals surface area contributed by atoms with Crippen molar-refractivity contribution >= 4 is 34.8 Å².